The zero-order valence-electron chi connectivity index (χ0n) is 11.4. The SMILES string of the molecule is c1ccc(CC[n+]2ccccc2-c2ccccc2)cc1. The van der Waals surface area contributed by atoms with Gasteiger partial charge in [0, 0.05) is 24.1 Å². The highest BCUT2D eigenvalue weighted by Crippen LogP contribution is 2.14. The maximum Gasteiger partial charge on any atom is 0.212 e. The van der Waals surface area contributed by atoms with E-state index >= 15 is 0 Å². The molecule has 1 aromatic heterocycles. The quantitative estimate of drug-likeness (QED) is 0.627. The van der Waals surface area contributed by atoms with Gasteiger partial charge in [-0.3, -0.25) is 0 Å². The number of nitrogens with zero attached hydrogens (tertiary/aromatic N) is 1. The van der Waals surface area contributed by atoms with E-state index in [1.165, 1.54) is 16.8 Å². The van der Waals surface area contributed by atoms with Gasteiger partial charge in [0.25, 0.3) is 0 Å². The molecule has 20 heavy (non-hydrogen) atoms. The Labute approximate surface area is 120 Å². The van der Waals surface area contributed by atoms with Gasteiger partial charge in [0.05, 0.1) is 0 Å². The van der Waals surface area contributed by atoms with Gasteiger partial charge < -0.3 is 0 Å². The van der Waals surface area contributed by atoms with Crippen molar-refractivity contribution in [1.82, 2.24) is 0 Å². The maximum atomic E-state index is 2.32. The summed E-state index contributed by atoms with van der Waals surface area (Å²) in [7, 11) is 0. The van der Waals surface area contributed by atoms with Crippen molar-refractivity contribution in [1.29, 1.82) is 0 Å². The molecule has 3 aromatic rings. The second-order valence-corrected chi connectivity index (χ2v) is 4.88. The molecule has 1 heteroatoms. The van der Waals surface area contributed by atoms with E-state index in [1.54, 1.807) is 0 Å². The average Bonchev–Trinajstić information content (AvgIpc) is 2.55. The fraction of sp³-hybridized carbons (Fsp3) is 0.105. The fourth-order valence-corrected chi connectivity index (χ4v) is 2.44. The monoisotopic (exact) mass is 260 g/mol. The Kier molecular flexibility index (Phi) is 3.88. The van der Waals surface area contributed by atoms with Crippen LogP contribution in [-0.4, -0.2) is 0 Å². The largest absolute Gasteiger partial charge is 0.212 e. The zero-order valence-corrected chi connectivity index (χ0v) is 11.4. The summed E-state index contributed by atoms with van der Waals surface area (Å²) in [6.45, 7) is 0.995. The molecule has 3 rings (SSSR count). The average molecular weight is 260 g/mol. The van der Waals surface area contributed by atoms with E-state index < -0.39 is 0 Å². The standard InChI is InChI=1S/C19H18N/c1-3-9-17(10-4-1)14-16-20-15-8-7-13-19(20)18-11-5-2-6-12-18/h1-13,15H,14,16H2/q+1. The second kappa shape index (κ2) is 6.16. The predicted molar refractivity (Wildman–Crippen MR) is 82.2 cm³/mol. The van der Waals surface area contributed by atoms with Gasteiger partial charge >= 0.3 is 0 Å². The van der Waals surface area contributed by atoms with Crippen molar-refractivity contribution in [2.75, 3.05) is 0 Å². The van der Waals surface area contributed by atoms with Crippen LogP contribution in [0.1, 0.15) is 5.56 Å². The van der Waals surface area contributed by atoms with Crippen molar-refractivity contribution >= 4 is 0 Å². The molecule has 0 radical (unpaired) electrons. The first kappa shape index (κ1) is 12.6. The molecule has 1 heterocycles. The molecule has 0 amide bonds. The summed E-state index contributed by atoms with van der Waals surface area (Å²) in [4.78, 5) is 0. The lowest BCUT2D eigenvalue weighted by Gasteiger charge is -2.04. The van der Waals surface area contributed by atoms with E-state index in [4.69, 9.17) is 0 Å². The Morgan fingerprint density at radius 3 is 2.05 bits per heavy atom. The summed E-state index contributed by atoms with van der Waals surface area (Å²) in [5, 5.41) is 0. The predicted octanol–water partition coefficient (Wildman–Crippen LogP) is 3.88. The lowest BCUT2D eigenvalue weighted by atomic mass is 10.1. The molecule has 0 N–H and O–H groups in total. The Morgan fingerprint density at radius 1 is 0.650 bits per heavy atom. The molecule has 0 unspecified atom stereocenters. The summed E-state index contributed by atoms with van der Waals surface area (Å²) in [5.41, 5.74) is 3.91. The van der Waals surface area contributed by atoms with Crippen LogP contribution in [0.3, 0.4) is 0 Å². The van der Waals surface area contributed by atoms with Gasteiger partial charge in [0.2, 0.25) is 5.69 Å². The number of hydrogen-bond donors (Lipinski definition) is 0. The van der Waals surface area contributed by atoms with E-state index in [9.17, 15) is 0 Å². The summed E-state index contributed by atoms with van der Waals surface area (Å²) in [6.07, 6.45) is 3.21. The minimum atomic E-state index is 0.995. The Hall–Kier alpha value is -2.41. The van der Waals surface area contributed by atoms with E-state index in [2.05, 4.69) is 89.6 Å². The highest BCUT2D eigenvalue weighted by atomic mass is 14.9. The van der Waals surface area contributed by atoms with Gasteiger partial charge in [-0.2, -0.15) is 4.57 Å². The van der Waals surface area contributed by atoms with Gasteiger partial charge in [-0.15, -0.1) is 0 Å². The van der Waals surface area contributed by atoms with Crippen molar-refractivity contribution in [3.63, 3.8) is 0 Å². The van der Waals surface area contributed by atoms with Crippen LogP contribution >= 0.6 is 0 Å². The molecule has 0 fully saturated rings. The molecule has 0 saturated heterocycles. The normalized spacial score (nSPS) is 10.4. The van der Waals surface area contributed by atoms with Gasteiger partial charge in [0.1, 0.15) is 0 Å². The first-order valence-corrected chi connectivity index (χ1v) is 7.01. The highest BCUT2D eigenvalue weighted by Gasteiger charge is 2.11. The van der Waals surface area contributed by atoms with Crippen LogP contribution in [0, 0.1) is 0 Å². The molecular formula is C19H18N+. The number of pyridine rings is 1. The lowest BCUT2D eigenvalue weighted by molar-refractivity contribution is -0.685. The number of benzene rings is 2. The number of rotatable bonds is 4. The molecule has 0 spiro atoms. The van der Waals surface area contributed by atoms with Crippen molar-refractivity contribution < 1.29 is 4.57 Å². The Balaban J connectivity index is 1.84. The molecule has 2 aromatic carbocycles. The summed E-state index contributed by atoms with van der Waals surface area (Å²) < 4.78 is 2.32. The smallest absolute Gasteiger partial charge is 0.198 e. The summed E-state index contributed by atoms with van der Waals surface area (Å²) >= 11 is 0. The van der Waals surface area contributed by atoms with Crippen LogP contribution in [-0.2, 0) is 13.0 Å². The minimum Gasteiger partial charge on any atom is -0.198 e. The zero-order chi connectivity index (χ0) is 13.6. The number of aryl methyl sites for hydroxylation is 2. The summed E-state index contributed by atoms with van der Waals surface area (Å²) in [6, 6.07) is 27.6. The van der Waals surface area contributed by atoms with Crippen molar-refractivity contribution in [3.05, 3.63) is 90.6 Å². The maximum absolute atomic E-state index is 2.32. The highest BCUT2D eigenvalue weighted by molar-refractivity contribution is 5.55. The third-order valence-corrected chi connectivity index (χ3v) is 3.49. The van der Waals surface area contributed by atoms with E-state index in [1.807, 2.05) is 0 Å². The third-order valence-electron chi connectivity index (χ3n) is 3.49. The van der Waals surface area contributed by atoms with Crippen molar-refractivity contribution in [3.8, 4) is 11.3 Å². The van der Waals surface area contributed by atoms with Crippen LogP contribution in [0.2, 0.25) is 0 Å². The van der Waals surface area contributed by atoms with Gasteiger partial charge in [0.15, 0.2) is 12.7 Å². The first-order chi connectivity index (χ1) is 9.93. The van der Waals surface area contributed by atoms with Crippen molar-refractivity contribution in [2.45, 2.75) is 13.0 Å². The minimum absolute atomic E-state index is 0.995. The van der Waals surface area contributed by atoms with Gasteiger partial charge in [-0.1, -0.05) is 48.5 Å². The van der Waals surface area contributed by atoms with Crippen LogP contribution in [0.4, 0.5) is 0 Å². The molecule has 98 valence electrons. The van der Waals surface area contributed by atoms with Crippen LogP contribution < -0.4 is 4.57 Å². The van der Waals surface area contributed by atoms with Crippen LogP contribution in [0.5, 0.6) is 0 Å². The topological polar surface area (TPSA) is 3.88 Å². The number of hydrogen-bond acceptors (Lipinski definition) is 0. The molecule has 0 aliphatic heterocycles. The molecule has 0 aliphatic rings. The molecule has 0 atom stereocenters. The molecule has 1 nitrogen and oxygen atoms in total. The van der Waals surface area contributed by atoms with Crippen LogP contribution in [0.25, 0.3) is 11.3 Å². The first-order valence-electron chi connectivity index (χ1n) is 7.01. The van der Waals surface area contributed by atoms with E-state index in [0.29, 0.717) is 0 Å². The number of aromatic nitrogens is 1. The van der Waals surface area contributed by atoms with Gasteiger partial charge in [-0.05, 0) is 23.8 Å². The third kappa shape index (κ3) is 2.94. The fourth-order valence-electron chi connectivity index (χ4n) is 2.44. The lowest BCUT2D eigenvalue weighted by Crippen LogP contribution is -2.36. The van der Waals surface area contributed by atoms with E-state index in [0.717, 1.165) is 13.0 Å². The van der Waals surface area contributed by atoms with Crippen molar-refractivity contribution in [2.24, 2.45) is 0 Å². The summed E-state index contributed by atoms with van der Waals surface area (Å²) in [5.74, 6) is 0. The van der Waals surface area contributed by atoms with Crippen LogP contribution in [0.15, 0.2) is 85.1 Å². The van der Waals surface area contributed by atoms with Gasteiger partial charge in [-0.25, -0.2) is 0 Å². The molecule has 0 bridgehead atoms. The second-order valence-electron chi connectivity index (χ2n) is 4.88. The molecule has 0 saturated carbocycles. The molecule has 0 aliphatic carbocycles. The van der Waals surface area contributed by atoms with E-state index in [-0.39, 0.29) is 0 Å². The Bertz CT molecular complexity index is 660. The molecular weight excluding hydrogens is 242 g/mol. The Morgan fingerprint density at radius 2 is 1.30 bits per heavy atom.